The zero-order valence-corrected chi connectivity index (χ0v) is 11.6. The summed E-state index contributed by atoms with van der Waals surface area (Å²) in [6.07, 6.45) is 5.94. The topological polar surface area (TPSA) is 30.3 Å². The third-order valence-electron chi connectivity index (χ3n) is 3.54. The summed E-state index contributed by atoms with van der Waals surface area (Å²) in [6.45, 7) is 2.35. The van der Waals surface area contributed by atoms with Crippen molar-refractivity contribution < 1.29 is 9.13 Å². The van der Waals surface area contributed by atoms with Crippen molar-refractivity contribution in [3.8, 4) is 5.75 Å². The highest BCUT2D eigenvalue weighted by atomic mass is 19.1. The van der Waals surface area contributed by atoms with Gasteiger partial charge in [0.25, 0.3) is 0 Å². The molecule has 2 aromatic rings. The van der Waals surface area contributed by atoms with Crippen LogP contribution in [0.1, 0.15) is 18.4 Å². The fraction of sp³-hybridized carbons (Fsp3) is 0.400. The molecule has 0 unspecified atom stereocenters. The maximum Gasteiger partial charge on any atom is 0.167 e. The van der Waals surface area contributed by atoms with Crippen LogP contribution in [0.2, 0.25) is 0 Å². The van der Waals surface area contributed by atoms with Crippen molar-refractivity contribution in [2.24, 2.45) is 7.05 Å². The van der Waals surface area contributed by atoms with Crippen molar-refractivity contribution in [2.45, 2.75) is 19.4 Å². The smallest absolute Gasteiger partial charge is 0.167 e. The molecule has 0 amide bonds. The summed E-state index contributed by atoms with van der Waals surface area (Å²) in [5, 5.41) is 4.05. The molecule has 1 aliphatic heterocycles. The first kappa shape index (κ1) is 13.0. The number of hydrogen-bond donors (Lipinski definition) is 0. The number of anilines is 1. The van der Waals surface area contributed by atoms with Crippen LogP contribution < -0.4 is 9.64 Å². The first-order valence-corrected chi connectivity index (χ1v) is 6.87. The number of aromatic nitrogens is 2. The van der Waals surface area contributed by atoms with Gasteiger partial charge in [0.05, 0.1) is 6.20 Å². The minimum absolute atomic E-state index is 0.289. The highest BCUT2D eigenvalue weighted by molar-refractivity contribution is 5.50. The van der Waals surface area contributed by atoms with E-state index in [9.17, 15) is 4.39 Å². The van der Waals surface area contributed by atoms with Crippen molar-refractivity contribution in [2.75, 3.05) is 18.0 Å². The molecule has 106 valence electrons. The van der Waals surface area contributed by atoms with E-state index < -0.39 is 0 Å². The lowest BCUT2D eigenvalue weighted by molar-refractivity contribution is 0.290. The Morgan fingerprint density at radius 3 is 2.75 bits per heavy atom. The molecule has 1 fully saturated rings. The molecular weight excluding hydrogens is 257 g/mol. The molecule has 0 spiro atoms. The van der Waals surface area contributed by atoms with E-state index in [-0.39, 0.29) is 11.6 Å². The lowest BCUT2D eigenvalue weighted by Gasteiger charge is -2.18. The largest absolute Gasteiger partial charge is 0.486 e. The van der Waals surface area contributed by atoms with Gasteiger partial charge in [0.1, 0.15) is 6.61 Å². The number of ether oxygens (including phenoxy) is 1. The molecule has 1 saturated heterocycles. The molecule has 0 radical (unpaired) electrons. The maximum atomic E-state index is 14.0. The van der Waals surface area contributed by atoms with Gasteiger partial charge in [-0.2, -0.15) is 5.10 Å². The second-order valence-electron chi connectivity index (χ2n) is 5.12. The van der Waals surface area contributed by atoms with Gasteiger partial charge in [-0.05, 0) is 25.0 Å². The number of halogens is 1. The Kier molecular flexibility index (Phi) is 3.58. The van der Waals surface area contributed by atoms with Crippen molar-refractivity contribution in [3.05, 3.63) is 42.0 Å². The van der Waals surface area contributed by atoms with Gasteiger partial charge in [0.15, 0.2) is 11.6 Å². The van der Waals surface area contributed by atoms with E-state index in [0.717, 1.165) is 24.3 Å². The van der Waals surface area contributed by atoms with E-state index in [2.05, 4.69) is 10.00 Å². The summed E-state index contributed by atoms with van der Waals surface area (Å²) in [5.74, 6) is -0.0184. The molecule has 1 aromatic carbocycles. The van der Waals surface area contributed by atoms with Crippen LogP contribution >= 0.6 is 0 Å². The van der Waals surface area contributed by atoms with Gasteiger partial charge in [-0.3, -0.25) is 4.68 Å². The molecule has 0 saturated carbocycles. The minimum atomic E-state index is -0.307. The second-order valence-corrected chi connectivity index (χ2v) is 5.12. The number of nitrogens with zero attached hydrogens (tertiary/aromatic N) is 3. The number of aryl methyl sites for hydroxylation is 1. The molecule has 5 heteroatoms. The Labute approximate surface area is 117 Å². The van der Waals surface area contributed by atoms with Gasteiger partial charge >= 0.3 is 0 Å². The summed E-state index contributed by atoms with van der Waals surface area (Å²) in [4.78, 5) is 2.20. The zero-order chi connectivity index (χ0) is 13.9. The molecule has 1 aliphatic rings. The average molecular weight is 275 g/mol. The van der Waals surface area contributed by atoms with Gasteiger partial charge < -0.3 is 9.64 Å². The van der Waals surface area contributed by atoms with Gasteiger partial charge in [0, 0.05) is 43.7 Å². The third-order valence-corrected chi connectivity index (χ3v) is 3.54. The molecule has 1 aromatic heterocycles. The Morgan fingerprint density at radius 2 is 2.10 bits per heavy atom. The van der Waals surface area contributed by atoms with Crippen molar-refractivity contribution in [1.29, 1.82) is 0 Å². The van der Waals surface area contributed by atoms with Crippen LogP contribution in [-0.2, 0) is 13.7 Å². The van der Waals surface area contributed by atoms with Crippen LogP contribution in [0, 0.1) is 5.82 Å². The standard InChI is InChI=1S/C15H18FN3O/c1-18-10-12(9-17-18)11-20-15-5-4-13(8-14(15)16)19-6-2-3-7-19/h4-5,8-10H,2-3,6-7,11H2,1H3. The van der Waals surface area contributed by atoms with E-state index in [1.807, 2.05) is 19.3 Å². The Bertz CT molecular complexity index is 591. The third kappa shape index (κ3) is 2.76. The van der Waals surface area contributed by atoms with Crippen LogP contribution in [-0.4, -0.2) is 22.9 Å². The lowest BCUT2D eigenvalue weighted by atomic mass is 10.2. The van der Waals surface area contributed by atoms with Gasteiger partial charge in [-0.1, -0.05) is 0 Å². The van der Waals surface area contributed by atoms with E-state index in [4.69, 9.17) is 4.74 Å². The van der Waals surface area contributed by atoms with Crippen LogP contribution in [0.5, 0.6) is 5.75 Å². The SMILES string of the molecule is Cn1cc(COc2ccc(N3CCCC3)cc2F)cn1. The second kappa shape index (κ2) is 5.53. The van der Waals surface area contributed by atoms with Crippen molar-refractivity contribution in [3.63, 3.8) is 0 Å². The number of benzene rings is 1. The van der Waals surface area contributed by atoms with Crippen LogP contribution in [0.15, 0.2) is 30.6 Å². The molecule has 0 atom stereocenters. The summed E-state index contributed by atoms with van der Waals surface area (Å²) < 4.78 is 21.2. The van der Waals surface area contributed by atoms with E-state index in [1.165, 1.54) is 12.8 Å². The fourth-order valence-electron chi connectivity index (χ4n) is 2.49. The normalized spacial score (nSPS) is 14.8. The first-order chi connectivity index (χ1) is 9.72. The van der Waals surface area contributed by atoms with Crippen LogP contribution in [0.25, 0.3) is 0 Å². The van der Waals surface area contributed by atoms with Crippen molar-refractivity contribution >= 4 is 5.69 Å². The van der Waals surface area contributed by atoms with Gasteiger partial charge in [0.2, 0.25) is 0 Å². The Balaban J connectivity index is 1.67. The summed E-state index contributed by atoms with van der Waals surface area (Å²) in [5.41, 5.74) is 1.87. The van der Waals surface area contributed by atoms with E-state index in [0.29, 0.717) is 6.61 Å². The molecule has 4 nitrogen and oxygen atoms in total. The molecule has 0 N–H and O–H groups in total. The fourth-order valence-corrected chi connectivity index (χ4v) is 2.49. The molecule has 3 rings (SSSR count). The highest BCUT2D eigenvalue weighted by Crippen LogP contribution is 2.26. The summed E-state index contributed by atoms with van der Waals surface area (Å²) in [7, 11) is 1.84. The summed E-state index contributed by atoms with van der Waals surface area (Å²) >= 11 is 0. The number of hydrogen-bond acceptors (Lipinski definition) is 3. The number of rotatable bonds is 4. The predicted octanol–water partition coefficient (Wildman–Crippen LogP) is 2.74. The average Bonchev–Trinajstić information content (AvgIpc) is 3.08. The molecule has 0 aliphatic carbocycles. The lowest BCUT2D eigenvalue weighted by Crippen LogP contribution is -2.17. The van der Waals surface area contributed by atoms with Gasteiger partial charge in [-0.15, -0.1) is 0 Å². The zero-order valence-electron chi connectivity index (χ0n) is 11.6. The van der Waals surface area contributed by atoms with Gasteiger partial charge in [-0.25, -0.2) is 4.39 Å². The molecule has 2 heterocycles. The molecule has 0 bridgehead atoms. The molecule has 20 heavy (non-hydrogen) atoms. The van der Waals surface area contributed by atoms with Crippen molar-refractivity contribution in [1.82, 2.24) is 9.78 Å². The predicted molar refractivity (Wildman–Crippen MR) is 75.4 cm³/mol. The highest BCUT2D eigenvalue weighted by Gasteiger charge is 2.14. The van der Waals surface area contributed by atoms with E-state index in [1.54, 1.807) is 23.0 Å². The molecular formula is C15H18FN3O. The Hall–Kier alpha value is -2.04. The minimum Gasteiger partial charge on any atom is -0.486 e. The van der Waals surface area contributed by atoms with Crippen LogP contribution in [0.4, 0.5) is 10.1 Å². The quantitative estimate of drug-likeness (QED) is 0.859. The van der Waals surface area contributed by atoms with Crippen LogP contribution in [0.3, 0.4) is 0 Å². The monoisotopic (exact) mass is 275 g/mol. The Morgan fingerprint density at radius 1 is 1.30 bits per heavy atom. The first-order valence-electron chi connectivity index (χ1n) is 6.87. The summed E-state index contributed by atoms with van der Waals surface area (Å²) in [6, 6.07) is 5.19. The van der Waals surface area contributed by atoms with E-state index >= 15 is 0 Å². The maximum absolute atomic E-state index is 14.0.